The lowest BCUT2D eigenvalue weighted by molar-refractivity contribution is -0.108. The van der Waals surface area contributed by atoms with Crippen molar-refractivity contribution in [2.75, 3.05) is 6.26 Å². The number of carbonyl (C=O) groups is 1. The van der Waals surface area contributed by atoms with Gasteiger partial charge in [-0.3, -0.25) is 0 Å². The normalized spacial score (nSPS) is 12.5. The maximum atomic E-state index is 13.5. The molecule has 0 bridgehead atoms. The van der Waals surface area contributed by atoms with Crippen molar-refractivity contribution < 1.29 is 9.18 Å². The topological polar surface area (TPSA) is 17.1 Å². The zero-order valence-electron chi connectivity index (χ0n) is 8.29. The van der Waals surface area contributed by atoms with Gasteiger partial charge < -0.3 is 4.79 Å². The van der Waals surface area contributed by atoms with Gasteiger partial charge in [-0.2, -0.15) is 0 Å². The van der Waals surface area contributed by atoms with Crippen molar-refractivity contribution in [2.45, 2.75) is 24.2 Å². The van der Waals surface area contributed by atoms with Crippen LogP contribution in [-0.2, 0) is 4.79 Å². The quantitative estimate of drug-likeness (QED) is 0.563. The number of rotatable bonds is 4. The Kier molecular flexibility index (Phi) is 4.14. The SMILES string of the molecule is CSc1ccc(C(C)CC=O)c(F)c1. The Bertz CT molecular complexity index is 325. The van der Waals surface area contributed by atoms with Gasteiger partial charge in [0.1, 0.15) is 12.1 Å². The van der Waals surface area contributed by atoms with Crippen molar-refractivity contribution in [3.05, 3.63) is 29.6 Å². The Hall–Kier alpha value is -0.830. The first-order valence-corrected chi connectivity index (χ1v) is 5.68. The van der Waals surface area contributed by atoms with Crippen LogP contribution in [0.5, 0.6) is 0 Å². The Balaban J connectivity index is 2.93. The average molecular weight is 212 g/mol. The summed E-state index contributed by atoms with van der Waals surface area (Å²) in [5, 5.41) is 0. The van der Waals surface area contributed by atoms with E-state index in [1.165, 1.54) is 17.8 Å². The van der Waals surface area contributed by atoms with Gasteiger partial charge in [-0.05, 0) is 29.9 Å². The highest BCUT2D eigenvalue weighted by Crippen LogP contribution is 2.25. The highest BCUT2D eigenvalue weighted by atomic mass is 32.2. The van der Waals surface area contributed by atoms with E-state index in [1.807, 2.05) is 19.2 Å². The van der Waals surface area contributed by atoms with Gasteiger partial charge in [0, 0.05) is 11.3 Å². The fourth-order valence-corrected chi connectivity index (χ4v) is 1.73. The van der Waals surface area contributed by atoms with E-state index in [2.05, 4.69) is 0 Å². The lowest BCUT2D eigenvalue weighted by Gasteiger charge is -2.10. The third-order valence-electron chi connectivity index (χ3n) is 2.19. The van der Waals surface area contributed by atoms with E-state index in [0.29, 0.717) is 12.0 Å². The lowest BCUT2D eigenvalue weighted by atomic mass is 9.98. The van der Waals surface area contributed by atoms with Crippen molar-refractivity contribution in [3.63, 3.8) is 0 Å². The van der Waals surface area contributed by atoms with E-state index in [9.17, 15) is 9.18 Å². The van der Waals surface area contributed by atoms with Crippen molar-refractivity contribution in [1.82, 2.24) is 0 Å². The maximum absolute atomic E-state index is 13.5. The summed E-state index contributed by atoms with van der Waals surface area (Å²) in [5.74, 6) is -0.255. The van der Waals surface area contributed by atoms with Crippen molar-refractivity contribution in [1.29, 1.82) is 0 Å². The standard InChI is InChI=1S/C11H13FOS/c1-8(5-6-13)10-4-3-9(14-2)7-11(10)12/h3-4,6-8H,5H2,1-2H3. The highest BCUT2D eigenvalue weighted by molar-refractivity contribution is 7.98. The fraction of sp³-hybridized carbons (Fsp3) is 0.364. The zero-order valence-corrected chi connectivity index (χ0v) is 9.10. The van der Waals surface area contributed by atoms with Crippen LogP contribution in [-0.4, -0.2) is 12.5 Å². The van der Waals surface area contributed by atoms with Gasteiger partial charge in [0.05, 0.1) is 0 Å². The molecule has 0 fully saturated rings. The molecular formula is C11H13FOS. The largest absolute Gasteiger partial charge is 0.303 e. The molecule has 14 heavy (non-hydrogen) atoms. The molecule has 1 nitrogen and oxygen atoms in total. The second kappa shape index (κ2) is 5.15. The van der Waals surface area contributed by atoms with E-state index < -0.39 is 0 Å². The van der Waals surface area contributed by atoms with Gasteiger partial charge in [0.2, 0.25) is 0 Å². The van der Waals surface area contributed by atoms with E-state index >= 15 is 0 Å². The lowest BCUT2D eigenvalue weighted by Crippen LogP contribution is -1.98. The summed E-state index contributed by atoms with van der Waals surface area (Å²) in [4.78, 5) is 11.2. The van der Waals surface area contributed by atoms with Crippen molar-refractivity contribution in [3.8, 4) is 0 Å². The number of thioether (sulfide) groups is 1. The molecule has 0 heterocycles. The van der Waals surface area contributed by atoms with Crippen LogP contribution in [0.1, 0.15) is 24.8 Å². The van der Waals surface area contributed by atoms with Gasteiger partial charge in [0.15, 0.2) is 0 Å². The van der Waals surface area contributed by atoms with Gasteiger partial charge in [-0.1, -0.05) is 13.0 Å². The van der Waals surface area contributed by atoms with Crippen LogP contribution in [0.4, 0.5) is 4.39 Å². The molecule has 0 aliphatic carbocycles. The van der Waals surface area contributed by atoms with Crippen LogP contribution < -0.4 is 0 Å². The molecule has 0 radical (unpaired) electrons. The Morgan fingerprint density at radius 3 is 2.79 bits per heavy atom. The third-order valence-corrected chi connectivity index (χ3v) is 2.91. The molecular weight excluding hydrogens is 199 g/mol. The molecule has 3 heteroatoms. The van der Waals surface area contributed by atoms with Gasteiger partial charge in [-0.15, -0.1) is 11.8 Å². The van der Waals surface area contributed by atoms with Crippen LogP contribution in [0.2, 0.25) is 0 Å². The number of carbonyl (C=O) groups excluding carboxylic acids is 1. The van der Waals surface area contributed by atoms with Gasteiger partial charge >= 0.3 is 0 Å². The molecule has 0 saturated carbocycles. The zero-order chi connectivity index (χ0) is 10.6. The minimum Gasteiger partial charge on any atom is -0.303 e. The Morgan fingerprint density at radius 1 is 1.57 bits per heavy atom. The maximum Gasteiger partial charge on any atom is 0.127 e. The molecule has 0 aliphatic rings. The molecule has 0 amide bonds. The number of aldehydes is 1. The molecule has 0 aliphatic heterocycles. The molecule has 1 unspecified atom stereocenters. The molecule has 0 N–H and O–H groups in total. The molecule has 1 aromatic carbocycles. The van der Waals surface area contributed by atoms with Gasteiger partial charge in [-0.25, -0.2) is 4.39 Å². The fourth-order valence-electron chi connectivity index (χ4n) is 1.31. The predicted octanol–water partition coefficient (Wildman–Crippen LogP) is 3.24. The minimum atomic E-state index is -0.216. The van der Waals surface area contributed by atoms with Gasteiger partial charge in [0.25, 0.3) is 0 Å². The summed E-state index contributed by atoms with van der Waals surface area (Å²) in [6, 6.07) is 5.15. The molecule has 1 rings (SSSR count). The number of hydrogen-bond donors (Lipinski definition) is 0. The molecule has 76 valence electrons. The first-order chi connectivity index (χ1) is 6.69. The molecule has 1 atom stereocenters. The average Bonchev–Trinajstić information content (AvgIpc) is 2.17. The smallest absolute Gasteiger partial charge is 0.127 e. The second-order valence-electron chi connectivity index (χ2n) is 3.19. The molecule has 1 aromatic rings. The first-order valence-electron chi connectivity index (χ1n) is 4.46. The Labute approximate surface area is 87.7 Å². The summed E-state index contributed by atoms with van der Waals surface area (Å²) >= 11 is 1.51. The summed E-state index contributed by atoms with van der Waals surface area (Å²) < 4.78 is 13.5. The van der Waals surface area contributed by atoms with Crippen LogP contribution in [0.3, 0.4) is 0 Å². The summed E-state index contributed by atoms with van der Waals surface area (Å²) in [6.07, 6.45) is 3.10. The predicted molar refractivity (Wildman–Crippen MR) is 57.3 cm³/mol. The molecule has 0 spiro atoms. The van der Waals surface area contributed by atoms with E-state index in [1.54, 1.807) is 6.07 Å². The summed E-state index contributed by atoms with van der Waals surface area (Å²) in [7, 11) is 0. The van der Waals surface area contributed by atoms with E-state index in [-0.39, 0.29) is 11.7 Å². The van der Waals surface area contributed by atoms with E-state index in [4.69, 9.17) is 0 Å². The van der Waals surface area contributed by atoms with Crippen LogP contribution >= 0.6 is 11.8 Å². The third kappa shape index (κ3) is 2.58. The number of hydrogen-bond acceptors (Lipinski definition) is 2. The number of benzene rings is 1. The summed E-state index contributed by atoms with van der Waals surface area (Å²) in [5.41, 5.74) is 0.620. The minimum absolute atomic E-state index is 0.0385. The monoisotopic (exact) mass is 212 g/mol. The number of halogens is 1. The Morgan fingerprint density at radius 2 is 2.29 bits per heavy atom. The van der Waals surface area contributed by atoms with E-state index in [0.717, 1.165) is 11.2 Å². The van der Waals surface area contributed by atoms with Crippen LogP contribution in [0.25, 0.3) is 0 Å². The summed E-state index contributed by atoms with van der Waals surface area (Å²) in [6.45, 7) is 1.85. The highest BCUT2D eigenvalue weighted by Gasteiger charge is 2.10. The molecule has 0 saturated heterocycles. The first kappa shape index (κ1) is 11.2. The molecule has 0 aromatic heterocycles. The van der Waals surface area contributed by atoms with Crippen LogP contribution in [0.15, 0.2) is 23.1 Å². The van der Waals surface area contributed by atoms with Crippen LogP contribution in [0, 0.1) is 5.82 Å². The van der Waals surface area contributed by atoms with Crippen molar-refractivity contribution in [2.24, 2.45) is 0 Å². The van der Waals surface area contributed by atoms with Crippen molar-refractivity contribution >= 4 is 18.0 Å². The second-order valence-corrected chi connectivity index (χ2v) is 4.07.